The van der Waals surface area contributed by atoms with Gasteiger partial charge in [0, 0.05) is 5.54 Å². The summed E-state index contributed by atoms with van der Waals surface area (Å²) in [5.74, 6) is -0.631. The van der Waals surface area contributed by atoms with E-state index in [0.717, 1.165) is 5.56 Å². The Hall–Kier alpha value is -0.533. The van der Waals surface area contributed by atoms with E-state index in [-0.39, 0.29) is 11.1 Å². The number of hydroxylamine groups is 2. The van der Waals surface area contributed by atoms with Gasteiger partial charge < -0.3 is 13.5 Å². The number of hydrogen-bond donors (Lipinski definition) is 0. The zero-order valence-corrected chi connectivity index (χ0v) is 26.5. The number of rotatable bonds is 12. The SMILES string of the molecule is CCOP(=O)(OCC)[C@H](N(O[C@H](CO[Si](C)(C)C(C)(C)C)c1ccccc1)C(C)(C)C)C(C)(C)C. The van der Waals surface area contributed by atoms with Crippen LogP contribution in [-0.4, -0.2) is 44.5 Å². The molecule has 0 radical (unpaired) electrons. The lowest BCUT2D eigenvalue weighted by molar-refractivity contribution is -0.273. The number of nitrogens with zero attached hydrogens (tertiary/aromatic N) is 1. The summed E-state index contributed by atoms with van der Waals surface area (Å²) in [7, 11) is -5.59. The van der Waals surface area contributed by atoms with Crippen LogP contribution in [0, 0.1) is 5.41 Å². The Balaban J connectivity index is 3.57. The summed E-state index contributed by atoms with van der Waals surface area (Å²) in [6, 6.07) is 10.1. The van der Waals surface area contributed by atoms with E-state index >= 15 is 0 Å². The van der Waals surface area contributed by atoms with Crippen LogP contribution in [-0.2, 0) is 22.9 Å². The van der Waals surface area contributed by atoms with Crippen molar-refractivity contribution < 1.29 is 22.9 Å². The van der Waals surface area contributed by atoms with Crippen molar-refractivity contribution in [1.29, 1.82) is 0 Å². The molecular weight excluding hydrogens is 477 g/mol. The standard InChI is InChI=1S/C27H52NO5PSi/c1-14-30-34(29,31-15-2)24(25(3,4)5)28(26(6,7)8)33-23(22-19-17-16-18-20-22)21-32-35(12,13)27(9,10)11/h16-20,23-24H,14-15,21H2,1-13H3/t23-,24+/m1/s1. The van der Waals surface area contributed by atoms with Gasteiger partial charge in [0.15, 0.2) is 8.32 Å². The molecule has 0 aliphatic carbocycles. The van der Waals surface area contributed by atoms with Crippen molar-refractivity contribution in [3.05, 3.63) is 35.9 Å². The lowest BCUT2D eigenvalue weighted by atomic mass is 9.94. The van der Waals surface area contributed by atoms with E-state index in [1.807, 2.05) is 57.9 Å². The third kappa shape index (κ3) is 9.06. The van der Waals surface area contributed by atoms with Gasteiger partial charge in [0.2, 0.25) is 0 Å². The van der Waals surface area contributed by atoms with Gasteiger partial charge in [-0.2, -0.15) is 5.06 Å². The molecule has 2 atom stereocenters. The van der Waals surface area contributed by atoms with Gasteiger partial charge in [-0.05, 0) is 63.7 Å². The van der Waals surface area contributed by atoms with Crippen LogP contribution in [0.5, 0.6) is 0 Å². The van der Waals surface area contributed by atoms with Gasteiger partial charge >= 0.3 is 7.60 Å². The predicted molar refractivity (Wildman–Crippen MR) is 149 cm³/mol. The van der Waals surface area contributed by atoms with Gasteiger partial charge in [-0.1, -0.05) is 71.9 Å². The van der Waals surface area contributed by atoms with E-state index < -0.39 is 32.7 Å². The summed E-state index contributed by atoms with van der Waals surface area (Å²) in [6.45, 7) is 28.2. The molecule has 0 bridgehead atoms. The summed E-state index contributed by atoms with van der Waals surface area (Å²) < 4.78 is 32.6. The monoisotopic (exact) mass is 529 g/mol. The van der Waals surface area contributed by atoms with Crippen LogP contribution < -0.4 is 0 Å². The lowest BCUT2D eigenvalue weighted by Crippen LogP contribution is -2.54. The third-order valence-corrected chi connectivity index (χ3v) is 13.7. The van der Waals surface area contributed by atoms with E-state index in [1.165, 1.54) is 0 Å². The van der Waals surface area contributed by atoms with E-state index in [1.54, 1.807) is 0 Å². The number of hydrogen-bond acceptors (Lipinski definition) is 6. The summed E-state index contributed by atoms with van der Waals surface area (Å²) in [4.78, 5) is 6.84. The summed E-state index contributed by atoms with van der Waals surface area (Å²) >= 11 is 0. The van der Waals surface area contributed by atoms with Crippen molar-refractivity contribution in [2.24, 2.45) is 5.41 Å². The molecule has 35 heavy (non-hydrogen) atoms. The topological polar surface area (TPSA) is 57.2 Å². The van der Waals surface area contributed by atoms with Crippen molar-refractivity contribution in [3.8, 4) is 0 Å². The third-order valence-electron chi connectivity index (χ3n) is 6.39. The molecule has 1 aromatic carbocycles. The van der Waals surface area contributed by atoms with Crippen LogP contribution in [0.4, 0.5) is 0 Å². The molecule has 0 heterocycles. The first-order chi connectivity index (χ1) is 15.8. The zero-order valence-electron chi connectivity index (χ0n) is 24.6. The van der Waals surface area contributed by atoms with E-state index in [4.69, 9.17) is 18.3 Å². The van der Waals surface area contributed by atoms with Crippen molar-refractivity contribution in [3.63, 3.8) is 0 Å². The first-order valence-corrected chi connectivity index (χ1v) is 17.4. The minimum atomic E-state index is -3.56. The summed E-state index contributed by atoms with van der Waals surface area (Å²) in [5.41, 5.74) is 0.0521. The highest BCUT2D eigenvalue weighted by Gasteiger charge is 2.52. The Kier molecular flexibility index (Phi) is 11.5. The molecular formula is C27H52NO5PSi. The normalized spacial score (nSPS) is 15.9. The fourth-order valence-electron chi connectivity index (χ4n) is 3.57. The molecule has 1 aromatic rings. The average molecular weight is 530 g/mol. The van der Waals surface area contributed by atoms with Gasteiger partial charge in [0.25, 0.3) is 0 Å². The van der Waals surface area contributed by atoms with Gasteiger partial charge in [-0.15, -0.1) is 0 Å². The maximum absolute atomic E-state index is 14.2. The molecule has 0 unspecified atom stereocenters. The minimum absolute atomic E-state index is 0.0749. The molecule has 0 aromatic heterocycles. The molecule has 0 saturated heterocycles. The molecule has 0 aliphatic rings. The first-order valence-electron chi connectivity index (χ1n) is 12.8. The van der Waals surface area contributed by atoms with Crippen molar-refractivity contribution in [1.82, 2.24) is 5.06 Å². The maximum atomic E-state index is 14.2. The fraction of sp³-hybridized carbons (Fsp3) is 0.778. The van der Waals surface area contributed by atoms with Crippen LogP contribution in [0.15, 0.2) is 30.3 Å². The highest BCUT2D eigenvalue weighted by Crippen LogP contribution is 2.61. The maximum Gasteiger partial charge on any atom is 0.350 e. The molecule has 1 rings (SSSR count). The Morgan fingerprint density at radius 2 is 1.37 bits per heavy atom. The van der Waals surface area contributed by atoms with Crippen molar-refractivity contribution >= 4 is 15.9 Å². The average Bonchev–Trinajstić information content (AvgIpc) is 2.68. The highest BCUT2D eigenvalue weighted by atomic mass is 31.2. The molecule has 0 fully saturated rings. The van der Waals surface area contributed by atoms with Crippen LogP contribution in [0.3, 0.4) is 0 Å². The summed E-state index contributed by atoms with van der Waals surface area (Å²) in [6.07, 6.45) is -0.383. The second-order valence-electron chi connectivity index (χ2n) is 12.7. The molecule has 0 aliphatic heterocycles. The second-order valence-corrected chi connectivity index (χ2v) is 19.6. The molecule has 0 spiro atoms. The van der Waals surface area contributed by atoms with E-state index in [0.29, 0.717) is 19.8 Å². The van der Waals surface area contributed by atoms with Crippen LogP contribution >= 0.6 is 7.60 Å². The Morgan fingerprint density at radius 1 is 0.886 bits per heavy atom. The predicted octanol–water partition coefficient (Wildman–Crippen LogP) is 8.42. The van der Waals surface area contributed by atoms with Gasteiger partial charge in [-0.25, -0.2) is 0 Å². The second kappa shape index (κ2) is 12.3. The van der Waals surface area contributed by atoms with Gasteiger partial charge in [0.1, 0.15) is 11.9 Å². The molecule has 0 amide bonds. The molecule has 6 nitrogen and oxygen atoms in total. The highest BCUT2D eigenvalue weighted by molar-refractivity contribution is 7.54. The van der Waals surface area contributed by atoms with Crippen LogP contribution in [0.2, 0.25) is 18.1 Å². The van der Waals surface area contributed by atoms with Gasteiger partial charge in [-0.3, -0.25) is 9.40 Å². The van der Waals surface area contributed by atoms with E-state index in [9.17, 15) is 4.57 Å². The molecule has 0 N–H and O–H groups in total. The van der Waals surface area contributed by atoms with Crippen LogP contribution in [0.1, 0.15) is 87.8 Å². The molecule has 0 saturated carbocycles. The Morgan fingerprint density at radius 3 is 1.74 bits per heavy atom. The van der Waals surface area contributed by atoms with E-state index in [2.05, 4.69) is 66.8 Å². The molecule has 204 valence electrons. The summed E-state index contributed by atoms with van der Waals surface area (Å²) in [5, 5.41) is 1.93. The fourth-order valence-corrected chi connectivity index (χ4v) is 7.25. The van der Waals surface area contributed by atoms with Gasteiger partial charge in [0.05, 0.1) is 19.8 Å². The minimum Gasteiger partial charge on any atom is -0.414 e. The zero-order chi connectivity index (χ0) is 27.3. The Bertz CT molecular complexity index is 802. The number of benzene rings is 1. The van der Waals surface area contributed by atoms with Crippen LogP contribution in [0.25, 0.3) is 0 Å². The quantitative estimate of drug-likeness (QED) is 0.154. The molecule has 8 heteroatoms. The Labute approximate surface area is 216 Å². The van der Waals surface area contributed by atoms with Crippen molar-refractivity contribution in [2.75, 3.05) is 19.8 Å². The largest absolute Gasteiger partial charge is 0.414 e. The van der Waals surface area contributed by atoms with Crippen molar-refractivity contribution in [2.45, 2.75) is 112 Å². The smallest absolute Gasteiger partial charge is 0.350 e. The first kappa shape index (κ1) is 32.5. The lowest BCUT2D eigenvalue weighted by Gasteiger charge is -2.48.